The van der Waals surface area contributed by atoms with E-state index in [4.69, 9.17) is 33.8 Å². The van der Waals surface area contributed by atoms with Crippen LogP contribution in [0, 0.1) is 0 Å². The number of aliphatic carboxylic acids is 1. The van der Waals surface area contributed by atoms with E-state index in [2.05, 4.69) is 15.5 Å². The Hall–Kier alpha value is -2.87. The maximum absolute atomic E-state index is 13.1. The maximum atomic E-state index is 13.1. The van der Waals surface area contributed by atoms with Gasteiger partial charge in [-0.25, -0.2) is 9.55 Å². The normalized spacial score (nSPS) is 24.6. The minimum absolute atomic E-state index is 0.155. The van der Waals surface area contributed by atoms with Crippen LogP contribution in [0.2, 0.25) is 0 Å². The molecule has 188 valence electrons. The number of hydrogen-bond acceptors (Lipinski definition) is 10. The highest BCUT2D eigenvalue weighted by atomic mass is 35.5. The molecule has 2 aliphatic heterocycles. The van der Waals surface area contributed by atoms with Gasteiger partial charge in [0, 0.05) is 35.3 Å². The van der Waals surface area contributed by atoms with Gasteiger partial charge in [0.15, 0.2) is 40.2 Å². The summed E-state index contributed by atoms with van der Waals surface area (Å²) in [6.45, 7) is 0.286. The highest BCUT2D eigenvalue weighted by molar-refractivity contribution is 8.00. The summed E-state index contributed by atoms with van der Waals surface area (Å²) in [6.07, 6.45) is 3.34. The number of pyridine rings is 1. The molecule has 0 spiro atoms. The largest absolute Gasteiger partial charge is 0.543 e. The second kappa shape index (κ2) is 9.54. The molecule has 5 rings (SSSR count). The molecule has 1 saturated carbocycles. The number of carboxylic acids is 1. The molecule has 1 unspecified atom stereocenters. The zero-order valence-corrected chi connectivity index (χ0v) is 21.4. The predicted octanol–water partition coefficient (Wildman–Crippen LogP) is -0.216. The number of alkyl halides is 2. The first-order chi connectivity index (χ1) is 17.2. The molecule has 36 heavy (non-hydrogen) atoms. The molecule has 0 radical (unpaired) electrons. The van der Waals surface area contributed by atoms with Gasteiger partial charge >= 0.3 is 0 Å². The van der Waals surface area contributed by atoms with Crippen LogP contribution in [-0.2, 0) is 25.8 Å². The van der Waals surface area contributed by atoms with E-state index in [0.29, 0.717) is 17.7 Å². The van der Waals surface area contributed by atoms with Crippen molar-refractivity contribution in [2.24, 2.45) is 5.16 Å². The lowest BCUT2D eigenvalue weighted by Gasteiger charge is -2.50. The molecule has 11 nitrogen and oxygen atoms in total. The molecule has 1 aliphatic carbocycles. The van der Waals surface area contributed by atoms with Crippen molar-refractivity contribution in [1.82, 2.24) is 15.2 Å². The molecule has 2 aromatic rings. The fourth-order valence-corrected chi connectivity index (χ4v) is 6.03. The van der Waals surface area contributed by atoms with Gasteiger partial charge in [-0.3, -0.25) is 14.5 Å². The number of carbonyl (C=O) groups excluding carboxylic acids is 3. The molecule has 2 aromatic heterocycles. The van der Waals surface area contributed by atoms with Crippen molar-refractivity contribution in [2.45, 2.75) is 34.8 Å². The van der Waals surface area contributed by atoms with Crippen LogP contribution in [0.1, 0.15) is 12.1 Å². The summed E-state index contributed by atoms with van der Waals surface area (Å²) < 4.78 is 0.722. The van der Waals surface area contributed by atoms with Gasteiger partial charge in [0.1, 0.15) is 17.1 Å². The minimum atomic E-state index is -1.45. The van der Waals surface area contributed by atoms with Gasteiger partial charge in [-0.2, -0.15) is 0 Å². The number of carboxylic acid groups (broad SMARTS) is 1. The van der Waals surface area contributed by atoms with Crippen LogP contribution in [0.4, 0.5) is 5.13 Å². The Morgan fingerprint density at radius 3 is 2.69 bits per heavy atom. The van der Waals surface area contributed by atoms with Crippen LogP contribution < -0.4 is 20.7 Å². The van der Waals surface area contributed by atoms with E-state index >= 15 is 0 Å². The third kappa shape index (κ3) is 4.75. The van der Waals surface area contributed by atoms with Gasteiger partial charge < -0.3 is 25.8 Å². The van der Waals surface area contributed by atoms with E-state index in [1.54, 1.807) is 17.0 Å². The quantitative estimate of drug-likeness (QED) is 0.146. The SMILES string of the molecule is Nc1nc(C(=NOC2CC2(Cl)Cl)C(=O)N[C@@H]2C(=O)N3C(C(=O)[O-])=C(C[n+]4ccccc4)CS[C@H]23)cs1. The van der Waals surface area contributed by atoms with Gasteiger partial charge in [0.25, 0.3) is 11.8 Å². The Labute approximate surface area is 222 Å². The summed E-state index contributed by atoms with van der Waals surface area (Å²) in [5, 5.41) is 19.6. The molecule has 0 bridgehead atoms. The summed E-state index contributed by atoms with van der Waals surface area (Å²) in [6, 6.07) is 4.50. The molecular weight excluding hydrogens is 551 g/mol. The van der Waals surface area contributed by atoms with E-state index in [-0.39, 0.29) is 28.8 Å². The van der Waals surface area contributed by atoms with Crippen LogP contribution in [0.25, 0.3) is 0 Å². The smallest absolute Gasteiger partial charge is 0.276 e. The molecule has 3 atom stereocenters. The number of thioether (sulfide) groups is 1. The number of amides is 2. The van der Waals surface area contributed by atoms with Crippen molar-refractivity contribution in [3.05, 3.63) is 52.9 Å². The molecule has 2 amide bonds. The number of β-lactam (4-membered cyclic amide) rings is 1. The molecule has 15 heteroatoms. The number of hydrogen-bond donors (Lipinski definition) is 2. The predicted molar refractivity (Wildman–Crippen MR) is 131 cm³/mol. The lowest BCUT2D eigenvalue weighted by molar-refractivity contribution is -0.689. The van der Waals surface area contributed by atoms with Crippen LogP contribution in [0.5, 0.6) is 0 Å². The zero-order chi connectivity index (χ0) is 25.6. The number of thiazole rings is 1. The fourth-order valence-electron chi connectivity index (χ4n) is 3.78. The van der Waals surface area contributed by atoms with Crippen LogP contribution in [0.3, 0.4) is 0 Å². The average molecular weight is 569 g/mol. The number of carbonyl (C=O) groups is 3. The number of oxime groups is 1. The molecule has 4 heterocycles. The first-order valence-electron chi connectivity index (χ1n) is 10.6. The summed E-state index contributed by atoms with van der Waals surface area (Å²) >= 11 is 14.4. The molecular formula is C21H18Cl2N6O5S2. The third-order valence-electron chi connectivity index (χ3n) is 5.70. The lowest BCUT2D eigenvalue weighted by Crippen LogP contribution is -2.71. The minimum Gasteiger partial charge on any atom is -0.543 e. The lowest BCUT2D eigenvalue weighted by atomic mass is 10.0. The number of nitrogen functional groups attached to an aromatic ring is 1. The molecule has 0 aromatic carbocycles. The van der Waals surface area contributed by atoms with Gasteiger partial charge in [-0.15, -0.1) is 23.1 Å². The van der Waals surface area contributed by atoms with Crippen LogP contribution in [-0.4, -0.2) is 61.0 Å². The topological polar surface area (TPSA) is 154 Å². The van der Waals surface area contributed by atoms with E-state index in [1.807, 2.05) is 18.2 Å². The van der Waals surface area contributed by atoms with Gasteiger partial charge in [-0.05, 0) is 0 Å². The number of anilines is 1. The maximum Gasteiger partial charge on any atom is 0.276 e. The van der Waals surface area contributed by atoms with Crippen molar-refractivity contribution < 1.29 is 28.9 Å². The van der Waals surface area contributed by atoms with Crippen LogP contribution in [0.15, 0.2) is 52.4 Å². The fraction of sp³-hybridized carbons (Fsp3) is 0.333. The highest BCUT2D eigenvalue weighted by Crippen LogP contribution is 2.49. The van der Waals surface area contributed by atoms with E-state index < -0.39 is 39.6 Å². The van der Waals surface area contributed by atoms with Crippen molar-refractivity contribution in [2.75, 3.05) is 11.5 Å². The highest BCUT2D eigenvalue weighted by Gasteiger charge is 2.56. The van der Waals surface area contributed by atoms with Crippen molar-refractivity contribution in [3.8, 4) is 0 Å². The van der Waals surface area contributed by atoms with Gasteiger partial charge in [0.05, 0.1) is 11.7 Å². The monoisotopic (exact) mass is 568 g/mol. The van der Waals surface area contributed by atoms with Crippen molar-refractivity contribution in [1.29, 1.82) is 0 Å². The summed E-state index contributed by atoms with van der Waals surface area (Å²) in [7, 11) is 0. The standard InChI is InChI=1S/C21H18Cl2N6O5S2/c22-21(23)6-12(21)34-27-13(11-9-36-20(24)25-11)16(30)26-14-17(31)29-15(19(32)33)10(8-35-18(14)29)7-28-4-2-1-3-5-28/h1-5,9,12,14,18H,6-8H2,(H3-,24,25,26,30,32,33)/t12?,14-,18-/m1/s1. The Bertz CT molecular complexity index is 1300. The summed E-state index contributed by atoms with van der Waals surface area (Å²) in [5.74, 6) is -2.42. The number of nitrogens with two attached hydrogens (primary N) is 1. The first-order valence-corrected chi connectivity index (χ1v) is 13.3. The second-order valence-corrected chi connectivity index (χ2v) is 11.8. The number of nitrogens with one attached hydrogen (secondary N) is 1. The first kappa shape index (κ1) is 24.8. The molecule has 1 saturated heterocycles. The van der Waals surface area contributed by atoms with Crippen molar-refractivity contribution >= 4 is 74.9 Å². The molecule has 2 fully saturated rings. The molecule has 3 N–H and O–H groups in total. The Balaban J connectivity index is 1.33. The van der Waals surface area contributed by atoms with E-state index in [1.165, 1.54) is 17.1 Å². The van der Waals surface area contributed by atoms with Gasteiger partial charge in [-0.1, -0.05) is 34.4 Å². The van der Waals surface area contributed by atoms with Crippen molar-refractivity contribution in [3.63, 3.8) is 0 Å². The third-order valence-corrected chi connectivity index (χ3v) is 8.51. The van der Waals surface area contributed by atoms with E-state index in [9.17, 15) is 19.5 Å². The Kier molecular flexibility index (Phi) is 6.57. The molecule has 3 aliphatic rings. The zero-order valence-electron chi connectivity index (χ0n) is 18.3. The summed E-state index contributed by atoms with van der Waals surface area (Å²) in [4.78, 5) is 48.6. The number of rotatable bonds is 8. The van der Waals surface area contributed by atoms with Gasteiger partial charge in [0.2, 0.25) is 0 Å². The van der Waals surface area contributed by atoms with E-state index in [0.717, 1.165) is 16.2 Å². The number of halogens is 2. The Morgan fingerprint density at radius 1 is 1.36 bits per heavy atom. The number of aromatic nitrogens is 2. The second-order valence-electron chi connectivity index (χ2n) is 8.22. The number of nitrogens with zero attached hydrogens (tertiary/aromatic N) is 4. The summed E-state index contributed by atoms with van der Waals surface area (Å²) in [5.41, 5.74) is 6.00. The average Bonchev–Trinajstić information content (AvgIpc) is 3.23. The number of fused-ring (bicyclic) bond motifs is 1. The van der Waals surface area contributed by atoms with Crippen LogP contribution >= 0.6 is 46.3 Å². The Morgan fingerprint density at radius 2 is 2.08 bits per heavy atom.